The van der Waals surface area contributed by atoms with E-state index in [0.717, 1.165) is 35.5 Å². The number of pyridine rings is 2. The summed E-state index contributed by atoms with van der Waals surface area (Å²) in [5, 5.41) is 9.26. The molecule has 9 heteroatoms. The largest absolute Gasteiger partial charge is 0.433 e. The van der Waals surface area contributed by atoms with Crippen LogP contribution in [0.2, 0.25) is 0 Å². The zero-order valence-electron chi connectivity index (χ0n) is 15.8. The summed E-state index contributed by atoms with van der Waals surface area (Å²) in [5.74, 6) is 0. The predicted molar refractivity (Wildman–Crippen MR) is 108 cm³/mol. The highest BCUT2D eigenvalue weighted by Crippen LogP contribution is 2.28. The molecule has 0 fully saturated rings. The fourth-order valence-electron chi connectivity index (χ4n) is 2.63. The number of hydrogen-bond donors (Lipinski definition) is 3. The Bertz CT molecular complexity index is 1000. The molecule has 2 aromatic heterocycles. The third-order valence-electron chi connectivity index (χ3n) is 4.18. The number of rotatable bonds is 8. The van der Waals surface area contributed by atoms with Gasteiger partial charge in [0.15, 0.2) is 0 Å². The van der Waals surface area contributed by atoms with Crippen LogP contribution in [0.15, 0.2) is 84.1 Å². The van der Waals surface area contributed by atoms with E-state index in [0.29, 0.717) is 5.70 Å². The number of alkyl halides is 3. The van der Waals surface area contributed by atoms with Crippen LogP contribution >= 0.6 is 0 Å². The maximum absolute atomic E-state index is 12.7. The highest BCUT2D eigenvalue weighted by Gasteiger charge is 2.32. The molecule has 2 heterocycles. The standard InChI is InChI=1S/C21H19F3N6/c22-21(23,24)20-12-18(7-10-27-20)29-14-19(30-25)13-28-17-3-1-15(2-4-17)11-16-5-8-26-9-6-16/h1-10,12-13,25,28H,11,14H2,(H,27,29)/b19-13-,30-25?. The predicted octanol–water partition coefficient (Wildman–Crippen LogP) is 5.48. The van der Waals surface area contributed by atoms with Gasteiger partial charge >= 0.3 is 6.18 Å². The number of nitrogens with zero attached hydrogens (tertiary/aromatic N) is 3. The van der Waals surface area contributed by atoms with Crippen LogP contribution in [0.5, 0.6) is 0 Å². The van der Waals surface area contributed by atoms with Crippen LogP contribution in [0.4, 0.5) is 24.5 Å². The Kier molecular flexibility index (Phi) is 6.74. The highest BCUT2D eigenvalue weighted by atomic mass is 19.4. The van der Waals surface area contributed by atoms with E-state index >= 15 is 0 Å². The van der Waals surface area contributed by atoms with Crippen molar-refractivity contribution in [3.63, 3.8) is 0 Å². The van der Waals surface area contributed by atoms with Gasteiger partial charge in [0.1, 0.15) is 5.69 Å². The molecule has 0 amide bonds. The maximum Gasteiger partial charge on any atom is 0.433 e. The zero-order valence-corrected chi connectivity index (χ0v) is 15.8. The molecule has 0 aliphatic carbocycles. The molecular weight excluding hydrogens is 393 g/mol. The van der Waals surface area contributed by atoms with Gasteiger partial charge in [0, 0.05) is 36.2 Å². The smallest absolute Gasteiger partial charge is 0.379 e. The van der Waals surface area contributed by atoms with Crippen LogP contribution in [0.25, 0.3) is 0 Å². The van der Waals surface area contributed by atoms with E-state index in [4.69, 9.17) is 5.53 Å². The first-order valence-electron chi connectivity index (χ1n) is 9.02. The van der Waals surface area contributed by atoms with E-state index in [2.05, 4.69) is 25.7 Å². The fourth-order valence-corrected chi connectivity index (χ4v) is 2.63. The average Bonchev–Trinajstić information content (AvgIpc) is 2.75. The molecule has 3 rings (SSSR count). The molecule has 0 saturated carbocycles. The second-order valence-electron chi connectivity index (χ2n) is 6.40. The number of benzene rings is 1. The lowest BCUT2D eigenvalue weighted by atomic mass is 10.1. The Balaban J connectivity index is 1.57. The lowest BCUT2D eigenvalue weighted by Crippen LogP contribution is -2.10. The molecule has 0 unspecified atom stereocenters. The third kappa shape index (κ3) is 6.13. The normalized spacial score (nSPS) is 11.8. The van der Waals surface area contributed by atoms with E-state index in [1.165, 1.54) is 12.3 Å². The number of aromatic nitrogens is 2. The number of nitrogens with one attached hydrogen (secondary N) is 3. The van der Waals surface area contributed by atoms with Gasteiger partial charge in [0.2, 0.25) is 0 Å². The Morgan fingerprint density at radius 1 is 0.967 bits per heavy atom. The topological polar surface area (TPSA) is 86.0 Å². The van der Waals surface area contributed by atoms with Gasteiger partial charge in [-0.25, -0.2) is 5.53 Å². The van der Waals surface area contributed by atoms with Crippen molar-refractivity contribution in [2.75, 3.05) is 17.2 Å². The Morgan fingerprint density at radius 3 is 2.33 bits per heavy atom. The molecule has 3 N–H and O–H groups in total. The third-order valence-corrected chi connectivity index (χ3v) is 4.18. The molecule has 154 valence electrons. The first-order valence-corrected chi connectivity index (χ1v) is 9.02. The summed E-state index contributed by atoms with van der Waals surface area (Å²) in [6, 6.07) is 14.0. The molecule has 0 spiro atoms. The minimum absolute atomic E-state index is 0.0813. The molecule has 0 radical (unpaired) electrons. The Labute approximate surface area is 171 Å². The summed E-state index contributed by atoms with van der Waals surface area (Å²) in [6.45, 7) is 0.0813. The van der Waals surface area contributed by atoms with Crippen LogP contribution in [-0.4, -0.2) is 16.5 Å². The van der Waals surface area contributed by atoms with Gasteiger partial charge in [0.25, 0.3) is 0 Å². The van der Waals surface area contributed by atoms with Gasteiger partial charge in [-0.1, -0.05) is 12.1 Å². The van der Waals surface area contributed by atoms with Crippen molar-refractivity contribution in [3.8, 4) is 0 Å². The summed E-state index contributed by atoms with van der Waals surface area (Å²) in [6.07, 6.45) is 2.41. The average molecular weight is 412 g/mol. The Hall–Kier alpha value is -3.75. The van der Waals surface area contributed by atoms with Gasteiger partial charge in [-0.15, -0.1) is 0 Å². The summed E-state index contributed by atoms with van der Waals surface area (Å²) in [5.41, 5.74) is 9.96. The molecule has 1 aromatic carbocycles. The van der Waals surface area contributed by atoms with Crippen molar-refractivity contribution in [2.45, 2.75) is 12.6 Å². The minimum Gasteiger partial charge on any atom is -0.379 e. The Morgan fingerprint density at radius 2 is 1.67 bits per heavy atom. The summed E-state index contributed by atoms with van der Waals surface area (Å²) in [7, 11) is 0. The molecule has 30 heavy (non-hydrogen) atoms. The summed E-state index contributed by atoms with van der Waals surface area (Å²) in [4.78, 5) is 7.31. The van der Waals surface area contributed by atoms with Crippen molar-refractivity contribution in [2.24, 2.45) is 5.11 Å². The van der Waals surface area contributed by atoms with Gasteiger partial charge in [-0.05, 0) is 53.9 Å². The van der Waals surface area contributed by atoms with E-state index in [9.17, 15) is 13.2 Å². The van der Waals surface area contributed by atoms with Gasteiger partial charge in [-0.3, -0.25) is 9.97 Å². The van der Waals surface area contributed by atoms with Crippen LogP contribution < -0.4 is 10.6 Å². The SMILES string of the molecule is N=N/C(=C\Nc1ccc(Cc2ccncc2)cc1)CNc1ccnc(C(F)(F)F)c1. The quantitative estimate of drug-likeness (QED) is 0.428. The van der Waals surface area contributed by atoms with Crippen molar-refractivity contribution in [3.05, 3.63) is 95.8 Å². The van der Waals surface area contributed by atoms with E-state index < -0.39 is 11.9 Å². The fraction of sp³-hybridized carbons (Fsp3) is 0.143. The van der Waals surface area contributed by atoms with Crippen molar-refractivity contribution in [1.29, 1.82) is 5.53 Å². The zero-order chi connectivity index (χ0) is 21.4. The molecule has 0 aliphatic rings. The van der Waals surface area contributed by atoms with E-state index in [-0.39, 0.29) is 12.2 Å². The lowest BCUT2D eigenvalue weighted by molar-refractivity contribution is -0.141. The van der Waals surface area contributed by atoms with Gasteiger partial charge < -0.3 is 10.6 Å². The van der Waals surface area contributed by atoms with Crippen LogP contribution in [0.1, 0.15) is 16.8 Å². The van der Waals surface area contributed by atoms with E-state index in [1.807, 2.05) is 36.4 Å². The molecule has 3 aromatic rings. The summed E-state index contributed by atoms with van der Waals surface area (Å²) < 4.78 is 38.2. The molecular formula is C21H19F3N6. The first kappa shape index (κ1) is 21.0. The van der Waals surface area contributed by atoms with Crippen LogP contribution in [0.3, 0.4) is 0 Å². The number of halogens is 3. The van der Waals surface area contributed by atoms with E-state index in [1.54, 1.807) is 12.4 Å². The summed E-state index contributed by atoms with van der Waals surface area (Å²) >= 11 is 0. The van der Waals surface area contributed by atoms with Gasteiger partial charge in [0.05, 0.1) is 12.2 Å². The maximum atomic E-state index is 12.7. The van der Waals surface area contributed by atoms with Crippen molar-refractivity contribution >= 4 is 11.4 Å². The molecule has 0 atom stereocenters. The van der Waals surface area contributed by atoms with Crippen molar-refractivity contribution < 1.29 is 13.2 Å². The second-order valence-corrected chi connectivity index (χ2v) is 6.40. The van der Waals surface area contributed by atoms with Crippen molar-refractivity contribution in [1.82, 2.24) is 9.97 Å². The molecule has 0 aliphatic heterocycles. The second kappa shape index (κ2) is 9.64. The van der Waals surface area contributed by atoms with Gasteiger partial charge in [-0.2, -0.15) is 18.3 Å². The molecule has 0 saturated heterocycles. The number of anilines is 2. The number of hydrogen-bond acceptors (Lipinski definition) is 6. The molecule has 6 nitrogen and oxygen atoms in total. The first-order chi connectivity index (χ1) is 14.4. The highest BCUT2D eigenvalue weighted by molar-refractivity contribution is 5.49. The lowest BCUT2D eigenvalue weighted by Gasteiger charge is -2.10. The minimum atomic E-state index is -4.51. The van der Waals surface area contributed by atoms with Crippen LogP contribution in [0, 0.1) is 5.53 Å². The molecule has 0 bridgehead atoms. The van der Waals surface area contributed by atoms with Crippen LogP contribution in [-0.2, 0) is 12.6 Å². The monoisotopic (exact) mass is 412 g/mol.